The molecular weight excluding hydrogens is 265 g/mol. The van der Waals surface area contributed by atoms with Crippen LogP contribution in [0.3, 0.4) is 0 Å². The summed E-state index contributed by atoms with van der Waals surface area (Å²) in [7, 11) is 0. The summed E-state index contributed by atoms with van der Waals surface area (Å²) in [6, 6.07) is 6.32. The molecule has 0 amide bonds. The van der Waals surface area contributed by atoms with Crippen LogP contribution in [0.4, 0.5) is 4.39 Å². The molecule has 102 valence electrons. The van der Waals surface area contributed by atoms with E-state index in [0.29, 0.717) is 11.4 Å². The molecule has 0 aliphatic heterocycles. The average Bonchev–Trinajstić information content (AvgIpc) is 2.71. The molecule has 3 nitrogen and oxygen atoms in total. The number of nitrogens with zero attached hydrogens (tertiary/aromatic N) is 2. The Kier molecular flexibility index (Phi) is 4.22. The summed E-state index contributed by atoms with van der Waals surface area (Å²) < 4.78 is 15.0. The van der Waals surface area contributed by atoms with E-state index >= 15 is 0 Å². The summed E-state index contributed by atoms with van der Waals surface area (Å²) in [5, 5.41) is 4.78. The van der Waals surface area contributed by atoms with Gasteiger partial charge in [0.25, 0.3) is 0 Å². The van der Waals surface area contributed by atoms with Gasteiger partial charge in [-0.1, -0.05) is 23.7 Å². The number of hydrogen-bond donors (Lipinski definition) is 1. The van der Waals surface area contributed by atoms with E-state index in [4.69, 9.17) is 17.3 Å². The molecule has 1 aromatic heterocycles. The maximum absolute atomic E-state index is 13.2. The first-order valence-electron chi connectivity index (χ1n) is 6.22. The van der Waals surface area contributed by atoms with Gasteiger partial charge in [-0.05, 0) is 38.0 Å². The molecule has 0 spiro atoms. The van der Waals surface area contributed by atoms with Gasteiger partial charge in [0.2, 0.25) is 0 Å². The Morgan fingerprint density at radius 2 is 2.16 bits per heavy atom. The summed E-state index contributed by atoms with van der Waals surface area (Å²) in [6.45, 7) is 4.03. The summed E-state index contributed by atoms with van der Waals surface area (Å²) >= 11 is 6.14. The Morgan fingerprint density at radius 1 is 1.42 bits per heavy atom. The predicted octanol–water partition coefficient (Wildman–Crippen LogP) is 3.50. The molecule has 1 unspecified atom stereocenters. The van der Waals surface area contributed by atoms with Crippen molar-refractivity contribution in [2.45, 2.75) is 32.4 Å². The zero-order valence-electron chi connectivity index (χ0n) is 11.0. The fourth-order valence-corrected chi connectivity index (χ4v) is 2.39. The molecule has 0 aliphatic carbocycles. The standard InChI is InChI=1S/C14H17ClFN3/c1-9(2)19-14(12(15)8-18-19)13(17)7-10-4-3-5-11(16)6-10/h3-6,8-9,13H,7,17H2,1-2H3. The van der Waals surface area contributed by atoms with E-state index in [1.807, 2.05) is 24.6 Å². The van der Waals surface area contributed by atoms with Crippen molar-refractivity contribution < 1.29 is 4.39 Å². The van der Waals surface area contributed by atoms with Crippen LogP contribution in [0, 0.1) is 5.82 Å². The fourth-order valence-electron chi connectivity index (χ4n) is 2.12. The van der Waals surface area contributed by atoms with Crippen LogP contribution in [-0.4, -0.2) is 9.78 Å². The van der Waals surface area contributed by atoms with Gasteiger partial charge in [-0.2, -0.15) is 5.10 Å². The van der Waals surface area contributed by atoms with Crippen LogP contribution in [0.5, 0.6) is 0 Å². The molecular formula is C14H17ClFN3. The molecule has 1 atom stereocenters. The van der Waals surface area contributed by atoms with Gasteiger partial charge in [0, 0.05) is 6.04 Å². The quantitative estimate of drug-likeness (QED) is 0.932. The molecule has 1 aromatic carbocycles. The van der Waals surface area contributed by atoms with Gasteiger partial charge in [0.15, 0.2) is 0 Å². The van der Waals surface area contributed by atoms with Gasteiger partial charge in [0.05, 0.1) is 23.0 Å². The summed E-state index contributed by atoms with van der Waals surface area (Å²) in [5.74, 6) is -0.256. The second kappa shape index (κ2) is 5.72. The van der Waals surface area contributed by atoms with E-state index in [0.717, 1.165) is 11.3 Å². The lowest BCUT2D eigenvalue weighted by atomic mass is 10.0. The van der Waals surface area contributed by atoms with Crippen LogP contribution in [0.2, 0.25) is 5.02 Å². The molecule has 2 aromatic rings. The Morgan fingerprint density at radius 3 is 2.79 bits per heavy atom. The first-order chi connectivity index (χ1) is 8.99. The van der Waals surface area contributed by atoms with Crippen LogP contribution < -0.4 is 5.73 Å². The zero-order chi connectivity index (χ0) is 14.0. The maximum atomic E-state index is 13.2. The van der Waals surface area contributed by atoms with Crippen LogP contribution >= 0.6 is 11.6 Å². The maximum Gasteiger partial charge on any atom is 0.123 e. The van der Waals surface area contributed by atoms with E-state index in [-0.39, 0.29) is 17.9 Å². The second-order valence-corrected chi connectivity index (χ2v) is 5.26. The lowest BCUT2D eigenvalue weighted by Crippen LogP contribution is -2.20. The lowest BCUT2D eigenvalue weighted by molar-refractivity contribution is 0.485. The van der Waals surface area contributed by atoms with E-state index in [1.54, 1.807) is 12.3 Å². The number of benzene rings is 1. The van der Waals surface area contributed by atoms with Crippen molar-refractivity contribution in [2.24, 2.45) is 5.73 Å². The van der Waals surface area contributed by atoms with E-state index < -0.39 is 0 Å². The Hall–Kier alpha value is -1.39. The van der Waals surface area contributed by atoms with Crippen molar-refractivity contribution in [1.82, 2.24) is 9.78 Å². The van der Waals surface area contributed by atoms with Gasteiger partial charge in [0.1, 0.15) is 5.82 Å². The average molecular weight is 282 g/mol. The normalized spacial score (nSPS) is 12.9. The zero-order valence-corrected chi connectivity index (χ0v) is 11.7. The minimum atomic E-state index is -0.306. The molecule has 0 saturated heterocycles. The molecule has 0 saturated carbocycles. The minimum absolute atomic E-state index is 0.182. The molecule has 0 radical (unpaired) electrons. The van der Waals surface area contributed by atoms with Crippen LogP contribution in [-0.2, 0) is 6.42 Å². The van der Waals surface area contributed by atoms with Gasteiger partial charge in [-0.3, -0.25) is 4.68 Å². The Bertz CT molecular complexity index is 566. The third-order valence-corrected chi connectivity index (χ3v) is 3.26. The first-order valence-corrected chi connectivity index (χ1v) is 6.59. The van der Waals surface area contributed by atoms with E-state index in [1.165, 1.54) is 12.1 Å². The number of aromatic nitrogens is 2. The van der Waals surface area contributed by atoms with Crippen molar-refractivity contribution in [2.75, 3.05) is 0 Å². The lowest BCUT2D eigenvalue weighted by Gasteiger charge is -2.17. The van der Waals surface area contributed by atoms with Crippen molar-refractivity contribution in [3.63, 3.8) is 0 Å². The van der Waals surface area contributed by atoms with Gasteiger partial charge in [-0.15, -0.1) is 0 Å². The Balaban J connectivity index is 2.25. The third-order valence-electron chi connectivity index (χ3n) is 2.97. The predicted molar refractivity (Wildman–Crippen MR) is 74.7 cm³/mol. The highest BCUT2D eigenvalue weighted by Gasteiger charge is 2.19. The highest BCUT2D eigenvalue weighted by Crippen LogP contribution is 2.26. The fraction of sp³-hybridized carbons (Fsp3) is 0.357. The van der Waals surface area contributed by atoms with Crippen LogP contribution in [0.1, 0.15) is 37.2 Å². The van der Waals surface area contributed by atoms with Crippen LogP contribution in [0.15, 0.2) is 30.5 Å². The number of nitrogens with two attached hydrogens (primary N) is 1. The molecule has 0 bridgehead atoms. The molecule has 0 aliphatic rings. The van der Waals surface area contributed by atoms with E-state index in [2.05, 4.69) is 5.10 Å². The third kappa shape index (κ3) is 3.14. The van der Waals surface area contributed by atoms with Crippen molar-refractivity contribution in [3.8, 4) is 0 Å². The minimum Gasteiger partial charge on any atom is -0.322 e. The highest BCUT2D eigenvalue weighted by molar-refractivity contribution is 6.31. The summed E-state index contributed by atoms with van der Waals surface area (Å²) in [5.41, 5.74) is 7.83. The van der Waals surface area contributed by atoms with Crippen molar-refractivity contribution in [1.29, 1.82) is 0 Å². The van der Waals surface area contributed by atoms with Crippen LogP contribution in [0.25, 0.3) is 0 Å². The van der Waals surface area contributed by atoms with Gasteiger partial charge < -0.3 is 5.73 Å². The number of hydrogen-bond acceptors (Lipinski definition) is 2. The molecule has 0 fully saturated rings. The van der Waals surface area contributed by atoms with Crippen molar-refractivity contribution in [3.05, 3.63) is 52.6 Å². The largest absolute Gasteiger partial charge is 0.322 e. The molecule has 19 heavy (non-hydrogen) atoms. The van der Waals surface area contributed by atoms with E-state index in [9.17, 15) is 4.39 Å². The molecule has 2 N–H and O–H groups in total. The van der Waals surface area contributed by atoms with Crippen molar-refractivity contribution >= 4 is 11.6 Å². The molecule has 5 heteroatoms. The number of halogens is 2. The second-order valence-electron chi connectivity index (χ2n) is 4.86. The smallest absolute Gasteiger partial charge is 0.123 e. The molecule has 2 rings (SSSR count). The molecule has 1 heterocycles. The van der Waals surface area contributed by atoms with Gasteiger partial charge in [-0.25, -0.2) is 4.39 Å². The highest BCUT2D eigenvalue weighted by atomic mass is 35.5. The Labute approximate surface area is 117 Å². The first kappa shape index (κ1) is 14.0. The topological polar surface area (TPSA) is 43.8 Å². The monoisotopic (exact) mass is 281 g/mol. The SMILES string of the molecule is CC(C)n1ncc(Cl)c1C(N)Cc1cccc(F)c1. The summed E-state index contributed by atoms with van der Waals surface area (Å²) in [4.78, 5) is 0. The van der Waals surface area contributed by atoms with Gasteiger partial charge >= 0.3 is 0 Å². The number of rotatable bonds is 4. The summed E-state index contributed by atoms with van der Waals surface area (Å²) in [6.07, 6.45) is 2.12.